The number of benzene rings is 1. The number of carbonyl (C=O) groups is 3. The lowest BCUT2D eigenvalue weighted by Gasteiger charge is -2.15. The van der Waals surface area contributed by atoms with Crippen LogP contribution in [0.2, 0.25) is 10.0 Å². The summed E-state index contributed by atoms with van der Waals surface area (Å²) in [5.41, 5.74) is 5.79. The summed E-state index contributed by atoms with van der Waals surface area (Å²) in [6.07, 6.45) is -0.951. The van der Waals surface area contributed by atoms with Crippen molar-refractivity contribution in [1.29, 1.82) is 0 Å². The molecule has 1 aromatic heterocycles. The van der Waals surface area contributed by atoms with Crippen LogP contribution in [0, 0.1) is 6.92 Å². The van der Waals surface area contributed by atoms with Gasteiger partial charge in [0.25, 0.3) is 11.8 Å². The van der Waals surface area contributed by atoms with Crippen molar-refractivity contribution in [2.45, 2.75) is 26.9 Å². The van der Waals surface area contributed by atoms with E-state index in [2.05, 4.69) is 5.32 Å². The maximum atomic E-state index is 12.6. The highest BCUT2D eigenvalue weighted by Gasteiger charge is 2.27. The van der Waals surface area contributed by atoms with Crippen LogP contribution in [0.25, 0.3) is 0 Å². The van der Waals surface area contributed by atoms with Crippen LogP contribution in [0.4, 0.5) is 5.00 Å². The lowest BCUT2D eigenvalue weighted by Crippen LogP contribution is -2.30. The molecule has 0 saturated heterocycles. The molecule has 2 rings (SSSR count). The smallest absolute Gasteiger partial charge is 0.341 e. The van der Waals surface area contributed by atoms with Crippen LogP contribution < -0.4 is 15.8 Å². The van der Waals surface area contributed by atoms with Crippen molar-refractivity contribution in [2.24, 2.45) is 5.73 Å². The highest BCUT2D eigenvalue weighted by molar-refractivity contribution is 7.18. The first-order chi connectivity index (χ1) is 13.1. The van der Waals surface area contributed by atoms with E-state index in [1.165, 1.54) is 13.0 Å². The minimum Gasteiger partial charge on any atom is -0.479 e. The molecule has 0 aliphatic heterocycles. The first-order valence-corrected chi connectivity index (χ1v) is 9.75. The van der Waals surface area contributed by atoms with Crippen molar-refractivity contribution < 1.29 is 23.9 Å². The average Bonchev–Trinajstić information content (AvgIpc) is 2.93. The van der Waals surface area contributed by atoms with Crippen molar-refractivity contribution in [1.82, 2.24) is 0 Å². The van der Waals surface area contributed by atoms with Gasteiger partial charge in [0.1, 0.15) is 10.8 Å². The van der Waals surface area contributed by atoms with Crippen LogP contribution in [0.15, 0.2) is 18.2 Å². The van der Waals surface area contributed by atoms with Crippen LogP contribution in [-0.4, -0.2) is 30.5 Å². The summed E-state index contributed by atoms with van der Waals surface area (Å²) in [7, 11) is 0. The number of esters is 1. The van der Waals surface area contributed by atoms with Gasteiger partial charge in [-0.3, -0.25) is 9.59 Å². The minimum absolute atomic E-state index is 0.0886. The zero-order chi connectivity index (χ0) is 21.0. The molecule has 10 heteroatoms. The monoisotopic (exact) mass is 444 g/mol. The molecule has 1 atom stereocenters. The third-order valence-electron chi connectivity index (χ3n) is 3.65. The second kappa shape index (κ2) is 9.27. The topological polar surface area (TPSA) is 108 Å². The van der Waals surface area contributed by atoms with Gasteiger partial charge in [-0.25, -0.2) is 4.79 Å². The molecule has 150 valence electrons. The van der Waals surface area contributed by atoms with Crippen LogP contribution in [0.3, 0.4) is 0 Å². The Morgan fingerprint density at radius 2 is 1.96 bits per heavy atom. The summed E-state index contributed by atoms with van der Waals surface area (Å²) in [5.74, 6) is -1.63. The zero-order valence-electron chi connectivity index (χ0n) is 15.3. The summed E-state index contributed by atoms with van der Waals surface area (Å²) >= 11 is 12.8. The highest BCUT2D eigenvalue weighted by atomic mass is 35.5. The second-order valence-corrected chi connectivity index (χ2v) is 7.53. The molecule has 1 unspecified atom stereocenters. The number of ether oxygens (including phenoxy) is 2. The lowest BCUT2D eigenvalue weighted by molar-refractivity contribution is -0.122. The van der Waals surface area contributed by atoms with E-state index in [0.29, 0.717) is 10.6 Å². The van der Waals surface area contributed by atoms with Gasteiger partial charge in [0.2, 0.25) is 0 Å². The summed E-state index contributed by atoms with van der Waals surface area (Å²) in [4.78, 5) is 36.6. The molecule has 28 heavy (non-hydrogen) atoms. The van der Waals surface area contributed by atoms with E-state index >= 15 is 0 Å². The molecule has 7 nitrogen and oxygen atoms in total. The lowest BCUT2D eigenvalue weighted by atomic mass is 10.1. The molecule has 0 fully saturated rings. The van der Waals surface area contributed by atoms with Gasteiger partial charge in [0, 0.05) is 5.02 Å². The molecule has 3 N–H and O–H groups in total. The van der Waals surface area contributed by atoms with Gasteiger partial charge < -0.3 is 20.5 Å². The highest BCUT2D eigenvalue weighted by Crippen LogP contribution is 2.34. The van der Waals surface area contributed by atoms with Gasteiger partial charge in [-0.05, 0) is 44.5 Å². The predicted octanol–water partition coefficient (Wildman–Crippen LogP) is 4.04. The predicted molar refractivity (Wildman–Crippen MR) is 109 cm³/mol. The quantitative estimate of drug-likeness (QED) is 0.626. The number of nitrogens with two attached hydrogens (primary N) is 1. The molecule has 0 radical (unpaired) electrons. The third-order valence-corrected chi connectivity index (χ3v) is 5.41. The van der Waals surface area contributed by atoms with E-state index in [1.54, 1.807) is 26.0 Å². The van der Waals surface area contributed by atoms with Gasteiger partial charge in [0.05, 0.1) is 22.1 Å². The number of halogens is 2. The molecule has 2 aromatic rings. The number of anilines is 1. The standard InChI is InChI=1S/C18H18Cl2N2O5S/c1-4-26-18(25)13-8(2)14(15(21)23)28-17(13)22-16(24)9(3)27-12-6-5-10(19)7-11(12)20/h5-7,9H,4H2,1-3H3,(H2,21,23)(H,22,24). The largest absolute Gasteiger partial charge is 0.479 e. The van der Waals surface area contributed by atoms with Crippen LogP contribution in [0.1, 0.15) is 39.4 Å². The molecule has 0 aliphatic rings. The Balaban J connectivity index is 2.25. The molecular formula is C18H18Cl2N2O5S. The molecule has 0 bridgehead atoms. The third kappa shape index (κ3) is 4.95. The maximum Gasteiger partial charge on any atom is 0.341 e. The van der Waals surface area contributed by atoms with E-state index in [9.17, 15) is 14.4 Å². The van der Waals surface area contributed by atoms with Gasteiger partial charge in [-0.2, -0.15) is 0 Å². The Kier molecular flexibility index (Phi) is 7.29. The Labute approximate surface area is 175 Å². The Hall–Kier alpha value is -2.29. The number of hydrogen-bond donors (Lipinski definition) is 2. The molecule has 1 aromatic carbocycles. The zero-order valence-corrected chi connectivity index (χ0v) is 17.6. The van der Waals surface area contributed by atoms with Gasteiger partial charge in [-0.1, -0.05) is 23.2 Å². The van der Waals surface area contributed by atoms with Gasteiger partial charge in [-0.15, -0.1) is 11.3 Å². The molecule has 0 aliphatic carbocycles. The van der Waals surface area contributed by atoms with E-state index in [0.717, 1.165) is 11.3 Å². The second-order valence-electron chi connectivity index (χ2n) is 5.67. The Bertz CT molecular complexity index is 929. The number of nitrogens with one attached hydrogen (secondary N) is 1. The van der Waals surface area contributed by atoms with E-state index in [4.69, 9.17) is 38.4 Å². The van der Waals surface area contributed by atoms with Crippen LogP contribution in [0.5, 0.6) is 5.75 Å². The van der Waals surface area contributed by atoms with E-state index in [1.807, 2.05) is 0 Å². The van der Waals surface area contributed by atoms with Crippen molar-refractivity contribution in [3.63, 3.8) is 0 Å². The van der Waals surface area contributed by atoms with Crippen LogP contribution in [-0.2, 0) is 9.53 Å². The molecule has 2 amide bonds. The molecular weight excluding hydrogens is 427 g/mol. The summed E-state index contributed by atoms with van der Waals surface area (Å²) in [6.45, 7) is 4.87. The molecule has 1 heterocycles. The van der Waals surface area contributed by atoms with Crippen molar-refractivity contribution in [2.75, 3.05) is 11.9 Å². The fourth-order valence-electron chi connectivity index (χ4n) is 2.31. The Morgan fingerprint density at radius 3 is 2.54 bits per heavy atom. The van der Waals surface area contributed by atoms with E-state index in [-0.39, 0.29) is 32.8 Å². The fraction of sp³-hybridized carbons (Fsp3) is 0.278. The first-order valence-electron chi connectivity index (χ1n) is 8.18. The number of hydrogen-bond acceptors (Lipinski definition) is 6. The minimum atomic E-state index is -0.951. The van der Waals surface area contributed by atoms with Crippen molar-refractivity contribution >= 4 is 57.3 Å². The van der Waals surface area contributed by atoms with Crippen LogP contribution >= 0.6 is 34.5 Å². The average molecular weight is 445 g/mol. The Morgan fingerprint density at radius 1 is 1.29 bits per heavy atom. The molecule has 0 spiro atoms. The number of carbonyl (C=O) groups excluding carboxylic acids is 3. The van der Waals surface area contributed by atoms with Gasteiger partial charge in [0.15, 0.2) is 6.10 Å². The summed E-state index contributed by atoms with van der Waals surface area (Å²) in [5, 5.41) is 3.44. The number of thiophene rings is 1. The summed E-state index contributed by atoms with van der Waals surface area (Å²) in [6, 6.07) is 4.61. The van der Waals surface area contributed by atoms with Gasteiger partial charge >= 0.3 is 5.97 Å². The van der Waals surface area contributed by atoms with Crippen molar-refractivity contribution in [3.8, 4) is 5.75 Å². The first kappa shape index (κ1) is 22.0. The summed E-state index contributed by atoms with van der Waals surface area (Å²) < 4.78 is 10.6. The van der Waals surface area contributed by atoms with Crippen molar-refractivity contribution in [3.05, 3.63) is 44.2 Å². The normalized spacial score (nSPS) is 11.6. The molecule has 0 saturated carbocycles. The number of rotatable bonds is 7. The number of amides is 2. The SMILES string of the molecule is CCOC(=O)c1c(NC(=O)C(C)Oc2ccc(Cl)cc2Cl)sc(C(N)=O)c1C. The fourth-order valence-corrected chi connectivity index (χ4v) is 3.82. The van der Waals surface area contributed by atoms with E-state index < -0.39 is 23.9 Å². The maximum absolute atomic E-state index is 12.6. The number of primary amides is 1.